The first-order valence-corrected chi connectivity index (χ1v) is 5.80. The number of carboxylic acid groups (broad SMARTS) is 1. The van der Waals surface area contributed by atoms with Gasteiger partial charge in [-0.3, -0.25) is 4.68 Å². The number of rotatable bonds is 4. The van der Waals surface area contributed by atoms with E-state index in [-0.39, 0.29) is 22.8 Å². The first kappa shape index (κ1) is 13.4. The highest BCUT2D eigenvalue weighted by Crippen LogP contribution is 2.21. The molecule has 2 N–H and O–H groups in total. The Bertz CT molecular complexity index is 607. The molecule has 0 amide bonds. The number of nitrogens with zero attached hydrogens (tertiary/aromatic N) is 2. The van der Waals surface area contributed by atoms with Crippen molar-refractivity contribution in [3.63, 3.8) is 0 Å². The number of aryl methyl sites for hydroxylation is 1. The van der Waals surface area contributed by atoms with Gasteiger partial charge in [0, 0.05) is 30.4 Å². The predicted octanol–water partition coefficient (Wildman–Crippen LogP) is 2.52. The van der Waals surface area contributed by atoms with Crippen molar-refractivity contribution in [2.75, 3.05) is 5.32 Å². The van der Waals surface area contributed by atoms with Crippen LogP contribution in [0.5, 0.6) is 0 Å². The average Bonchev–Trinajstić information content (AvgIpc) is 2.70. The highest BCUT2D eigenvalue weighted by molar-refractivity contribution is 6.31. The van der Waals surface area contributed by atoms with E-state index in [0.29, 0.717) is 5.69 Å². The maximum atomic E-state index is 13.6. The molecule has 0 saturated heterocycles. The van der Waals surface area contributed by atoms with E-state index in [1.807, 2.05) is 0 Å². The summed E-state index contributed by atoms with van der Waals surface area (Å²) in [5, 5.41) is 15.9. The van der Waals surface area contributed by atoms with Crippen LogP contribution >= 0.6 is 11.6 Å². The van der Waals surface area contributed by atoms with E-state index < -0.39 is 11.8 Å². The molecule has 2 aromatic rings. The Kier molecular flexibility index (Phi) is 3.71. The molecule has 0 aliphatic carbocycles. The largest absolute Gasteiger partial charge is 0.476 e. The van der Waals surface area contributed by atoms with Gasteiger partial charge in [-0.2, -0.15) is 5.10 Å². The van der Waals surface area contributed by atoms with Gasteiger partial charge in [0.25, 0.3) is 0 Å². The Hall–Kier alpha value is -2.08. The number of carbonyl (C=O) groups is 1. The third kappa shape index (κ3) is 2.85. The van der Waals surface area contributed by atoms with Crippen molar-refractivity contribution < 1.29 is 14.3 Å². The van der Waals surface area contributed by atoms with Gasteiger partial charge in [0.15, 0.2) is 5.69 Å². The summed E-state index contributed by atoms with van der Waals surface area (Å²) >= 11 is 5.89. The van der Waals surface area contributed by atoms with Gasteiger partial charge in [-0.05, 0) is 12.1 Å². The Balaban J connectivity index is 2.21. The SMILES string of the molecule is Cn1cc(NCc2c(F)cccc2Cl)c(C(=O)O)n1. The van der Waals surface area contributed by atoms with Crippen molar-refractivity contribution in [3.05, 3.63) is 46.5 Å². The molecule has 7 heteroatoms. The topological polar surface area (TPSA) is 67.2 Å². The highest BCUT2D eigenvalue weighted by Gasteiger charge is 2.15. The summed E-state index contributed by atoms with van der Waals surface area (Å²) in [6, 6.07) is 4.38. The lowest BCUT2D eigenvalue weighted by Crippen LogP contribution is -2.07. The molecule has 0 aliphatic rings. The summed E-state index contributed by atoms with van der Waals surface area (Å²) in [7, 11) is 1.60. The molecular weight excluding hydrogens is 273 g/mol. The molecule has 0 bridgehead atoms. The molecule has 0 aliphatic heterocycles. The third-order valence-corrected chi connectivity index (χ3v) is 2.90. The Labute approximate surface area is 113 Å². The maximum absolute atomic E-state index is 13.6. The van der Waals surface area contributed by atoms with Crippen molar-refractivity contribution in [2.45, 2.75) is 6.54 Å². The number of halogens is 2. The number of anilines is 1. The number of hydrogen-bond donors (Lipinski definition) is 2. The number of aromatic carboxylic acids is 1. The molecule has 0 atom stereocenters. The Morgan fingerprint density at radius 3 is 2.95 bits per heavy atom. The molecule has 0 fully saturated rings. The molecule has 0 radical (unpaired) electrons. The zero-order valence-corrected chi connectivity index (χ0v) is 10.8. The first-order chi connectivity index (χ1) is 8.99. The van der Waals surface area contributed by atoms with Gasteiger partial charge in [0.2, 0.25) is 0 Å². The fraction of sp³-hybridized carbons (Fsp3) is 0.167. The van der Waals surface area contributed by atoms with E-state index in [4.69, 9.17) is 16.7 Å². The van der Waals surface area contributed by atoms with Crippen LogP contribution in [0.3, 0.4) is 0 Å². The van der Waals surface area contributed by atoms with Gasteiger partial charge < -0.3 is 10.4 Å². The van der Waals surface area contributed by atoms with Crippen LogP contribution in [0.15, 0.2) is 24.4 Å². The number of carboxylic acids is 1. The number of hydrogen-bond acceptors (Lipinski definition) is 3. The summed E-state index contributed by atoms with van der Waals surface area (Å²) in [4.78, 5) is 11.0. The summed E-state index contributed by atoms with van der Waals surface area (Å²) in [6.45, 7) is 0.0808. The van der Waals surface area contributed by atoms with E-state index >= 15 is 0 Å². The quantitative estimate of drug-likeness (QED) is 0.905. The number of benzene rings is 1. The van der Waals surface area contributed by atoms with E-state index in [2.05, 4.69) is 10.4 Å². The fourth-order valence-electron chi connectivity index (χ4n) is 1.66. The van der Waals surface area contributed by atoms with Crippen molar-refractivity contribution >= 4 is 23.3 Å². The minimum absolute atomic E-state index is 0.0808. The van der Waals surface area contributed by atoms with Gasteiger partial charge in [-0.15, -0.1) is 0 Å². The van der Waals surface area contributed by atoms with Crippen LogP contribution in [0.2, 0.25) is 5.02 Å². The maximum Gasteiger partial charge on any atom is 0.358 e. The summed E-state index contributed by atoms with van der Waals surface area (Å²) < 4.78 is 14.9. The molecule has 100 valence electrons. The lowest BCUT2D eigenvalue weighted by Gasteiger charge is -2.07. The summed E-state index contributed by atoms with van der Waals surface area (Å²) in [5.41, 5.74) is 0.480. The number of nitrogens with one attached hydrogen (secondary N) is 1. The molecule has 0 saturated carbocycles. The second-order valence-corrected chi connectivity index (χ2v) is 4.33. The summed E-state index contributed by atoms with van der Waals surface area (Å²) in [5.74, 6) is -1.59. The first-order valence-electron chi connectivity index (χ1n) is 5.42. The minimum Gasteiger partial charge on any atom is -0.476 e. The van der Waals surface area contributed by atoms with Gasteiger partial charge >= 0.3 is 5.97 Å². The molecule has 0 unspecified atom stereocenters. The van der Waals surface area contributed by atoms with E-state index in [0.717, 1.165) is 0 Å². The third-order valence-electron chi connectivity index (χ3n) is 2.55. The van der Waals surface area contributed by atoms with E-state index in [1.165, 1.54) is 23.0 Å². The monoisotopic (exact) mass is 283 g/mol. The molecule has 0 spiro atoms. The van der Waals surface area contributed by atoms with E-state index in [1.54, 1.807) is 13.1 Å². The second-order valence-electron chi connectivity index (χ2n) is 3.92. The number of aromatic nitrogens is 2. The van der Waals surface area contributed by atoms with Gasteiger partial charge in [0.05, 0.1) is 5.69 Å². The van der Waals surface area contributed by atoms with Crippen molar-refractivity contribution in [1.82, 2.24) is 9.78 Å². The molecule has 2 rings (SSSR count). The fourth-order valence-corrected chi connectivity index (χ4v) is 1.89. The zero-order valence-electron chi connectivity index (χ0n) is 10.0. The van der Waals surface area contributed by atoms with Gasteiger partial charge in [-0.1, -0.05) is 17.7 Å². The smallest absolute Gasteiger partial charge is 0.358 e. The Morgan fingerprint density at radius 1 is 1.58 bits per heavy atom. The molecule has 1 aromatic carbocycles. The highest BCUT2D eigenvalue weighted by atomic mass is 35.5. The molecule has 5 nitrogen and oxygen atoms in total. The normalized spacial score (nSPS) is 10.5. The van der Waals surface area contributed by atoms with Crippen LogP contribution in [-0.4, -0.2) is 20.9 Å². The second kappa shape index (κ2) is 5.27. The lowest BCUT2D eigenvalue weighted by molar-refractivity contribution is 0.0690. The summed E-state index contributed by atoms with van der Waals surface area (Å²) in [6.07, 6.45) is 1.51. The minimum atomic E-state index is -1.15. The standard InChI is InChI=1S/C12H11ClFN3O2/c1-17-6-10(11(16-17)12(18)19)15-5-7-8(13)3-2-4-9(7)14/h2-4,6,15H,5H2,1H3,(H,18,19). The average molecular weight is 284 g/mol. The van der Waals surface area contributed by atoms with Crippen LogP contribution in [0.1, 0.15) is 16.1 Å². The Morgan fingerprint density at radius 2 is 2.32 bits per heavy atom. The van der Waals surface area contributed by atoms with Crippen LogP contribution < -0.4 is 5.32 Å². The lowest BCUT2D eigenvalue weighted by atomic mass is 10.2. The molecular formula is C12H11ClFN3O2. The van der Waals surface area contributed by atoms with E-state index in [9.17, 15) is 9.18 Å². The van der Waals surface area contributed by atoms with Crippen LogP contribution in [0.25, 0.3) is 0 Å². The van der Waals surface area contributed by atoms with Crippen molar-refractivity contribution in [2.24, 2.45) is 7.05 Å². The van der Waals surface area contributed by atoms with Crippen LogP contribution in [0.4, 0.5) is 10.1 Å². The van der Waals surface area contributed by atoms with Gasteiger partial charge in [-0.25, -0.2) is 9.18 Å². The van der Waals surface area contributed by atoms with Gasteiger partial charge in [0.1, 0.15) is 5.82 Å². The molecule has 1 aromatic heterocycles. The molecule has 1 heterocycles. The predicted molar refractivity (Wildman–Crippen MR) is 68.9 cm³/mol. The van der Waals surface area contributed by atoms with Crippen LogP contribution in [-0.2, 0) is 13.6 Å². The zero-order chi connectivity index (χ0) is 14.0. The van der Waals surface area contributed by atoms with Crippen molar-refractivity contribution in [3.8, 4) is 0 Å². The van der Waals surface area contributed by atoms with Crippen molar-refractivity contribution in [1.29, 1.82) is 0 Å². The van der Waals surface area contributed by atoms with Crippen LogP contribution in [0, 0.1) is 5.82 Å². The molecule has 19 heavy (non-hydrogen) atoms.